The first-order valence-corrected chi connectivity index (χ1v) is 4.19. The molecule has 0 fully saturated rings. The van der Waals surface area contributed by atoms with E-state index in [0.29, 0.717) is 11.8 Å². The van der Waals surface area contributed by atoms with Crippen LogP contribution < -0.4 is 0 Å². The lowest BCUT2D eigenvalue weighted by Crippen LogP contribution is -2.02. The van der Waals surface area contributed by atoms with Gasteiger partial charge in [-0.3, -0.25) is 4.79 Å². The maximum absolute atomic E-state index is 11.3. The second kappa shape index (κ2) is 3.99. The summed E-state index contributed by atoms with van der Waals surface area (Å²) in [7, 11) is 0. The van der Waals surface area contributed by atoms with E-state index in [2.05, 4.69) is 0 Å². The molecule has 2 heteroatoms. The van der Waals surface area contributed by atoms with Crippen LogP contribution in [0.15, 0.2) is 18.2 Å². The summed E-state index contributed by atoms with van der Waals surface area (Å²) < 4.78 is 0. The first kappa shape index (κ1) is 9.65. The van der Waals surface area contributed by atoms with Crippen molar-refractivity contribution >= 4 is 12.1 Å². The van der Waals surface area contributed by atoms with Crippen LogP contribution in [0.2, 0.25) is 0 Å². The highest BCUT2D eigenvalue weighted by atomic mass is 16.1. The van der Waals surface area contributed by atoms with Crippen molar-refractivity contribution < 1.29 is 9.59 Å². The van der Waals surface area contributed by atoms with Crippen molar-refractivity contribution in [2.24, 2.45) is 0 Å². The fourth-order valence-corrected chi connectivity index (χ4v) is 1.31. The summed E-state index contributed by atoms with van der Waals surface area (Å²) in [4.78, 5) is 21.5. The molecule has 1 rings (SSSR count). The molecular weight excluding hydrogens is 164 g/mol. The molecule has 0 atom stereocenters. The van der Waals surface area contributed by atoms with E-state index in [1.165, 1.54) is 0 Å². The lowest BCUT2D eigenvalue weighted by molar-refractivity contribution is -0.107. The van der Waals surface area contributed by atoms with Gasteiger partial charge in [-0.25, -0.2) is 0 Å². The number of carbonyl (C=O) groups is 2. The van der Waals surface area contributed by atoms with Crippen molar-refractivity contribution in [3.8, 4) is 0 Å². The Morgan fingerprint density at radius 3 is 2.62 bits per heavy atom. The molecule has 0 saturated heterocycles. The second-order valence-corrected chi connectivity index (χ2v) is 3.11. The summed E-state index contributed by atoms with van der Waals surface area (Å²) in [5.74, 6) is -0.104. The molecule has 0 bridgehead atoms. The number of ketones is 1. The fraction of sp³-hybridized carbons (Fsp3) is 0.273. The first-order chi connectivity index (χ1) is 6.15. The Morgan fingerprint density at radius 1 is 1.38 bits per heavy atom. The highest BCUT2D eigenvalue weighted by molar-refractivity contribution is 6.03. The van der Waals surface area contributed by atoms with Crippen LogP contribution in [-0.2, 0) is 4.79 Å². The summed E-state index contributed by atoms with van der Waals surface area (Å²) in [6, 6.07) is 5.60. The molecule has 1 aromatic carbocycles. The van der Waals surface area contributed by atoms with Crippen LogP contribution in [0.4, 0.5) is 0 Å². The van der Waals surface area contributed by atoms with E-state index in [1.807, 2.05) is 26.0 Å². The molecule has 2 nitrogen and oxygen atoms in total. The highest BCUT2D eigenvalue weighted by Crippen LogP contribution is 2.11. The van der Waals surface area contributed by atoms with Gasteiger partial charge in [0.2, 0.25) is 0 Å². The number of aldehydes is 1. The van der Waals surface area contributed by atoms with E-state index in [9.17, 15) is 9.59 Å². The molecule has 13 heavy (non-hydrogen) atoms. The van der Waals surface area contributed by atoms with Crippen LogP contribution in [0, 0.1) is 13.8 Å². The third-order valence-electron chi connectivity index (χ3n) is 1.95. The van der Waals surface area contributed by atoms with Gasteiger partial charge >= 0.3 is 0 Å². The molecule has 0 N–H and O–H groups in total. The number of carbonyl (C=O) groups excluding carboxylic acids is 2. The Balaban J connectivity index is 3.01. The van der Waals surface area contributed by atoms with Crippen LogP contribution in [0.5, 0.6) is 0 Å². The predicted octanol–water partition coefficient (Wildman–Crippen LogP) is 2.08. The molecule has 0 aliphatic heterocycles. The number of rotatable bonds is 3. The van der Waals surface area contributed by atoms with Crippen LogP contribution in [0.25, 0.3) is 0 Å². The largest absolute Gasteiger partial charge is 0.303 e. The maximum Gasteiger partial charge on any atom is 0.170 e. The third-order valence-corrected chi connectivity index (χ3v) is 1.95. The van der Waals surface area contributed by atoms with E-state index >= 15 is 0 Å². The van der Waals surface area contributed by atoms with Crippen LogP contribution in [0.3, 0.4) is 0 Å². The number of hydrogen-bond donors (Lipinski definition) is 0. The SMILES string of the molecule is Cc1ccc(C(=O)CC=O)c(C)c1. The van der Waals surface area contributed by atoms with Crippen molar-refractivity contribution in [3.63, 3.8) is 0 Å². The average molecular weight is 176 g/mol. The lowest BCUT2D eigenvalue weighted by atomic mass is 10.0. The zero-order valence-corrected chi connectivity index (χ0v) is 7.83. The zero-order valence-electron chi connectivity index (χ0n) is 7.83. The molecule has 0 radical (unpaired) electrons. The minimum Gasteiger partial charge on any atom is -0.303 e. The highest BCUT2D eigenvalue weighted by Gasteiger charge is 2.07. The van der Waals surface area contributed by atoms with E-state index in [1.54, 1.807) is 6.07 Å². The summed E-state index contributed by atoms with van der Waals surface area (Å²) in [5.41, 5.74) is 2.71. The van der Waals surface area contributed by atoms with Crippen LogP contribution >= 0.6 is 0 Å². The van der Waals surface area contributed by atoms with Crippen molar-refractivity contribution in [2.45, 2.75) is 20.3 Å². The summed E-state index contributed by atoms with van der Waals surface area (Å²) in [5, 5.41) is 0. The van der Waals surface area contributed by atoms with Gasteiger partial charge in [0.15, 0.2) is 5.78 Å². The molecule has 0 aromatic heterocycles. The van der Waals surface area contributed by atoms with Crippen LogP contribution in [0.1, 0.15) is 27.9 Å². The van der Waals surface area contributed by atoms with Gasteiger partial charge in [0.05, 0.1) is 6.42 Å². The van der Waals surface area contributed by atoms with Gasteiger partial charge in [-0.15, -0.1) is 0 Å². The topological polar surface area (TPSA) is 34.1 Å². The van der Waals surface area contributed by atoms with E-state index in [-0.39, 0.29) is 12.2 Å². The van der Waals surface area contributed by atoms with Crippen molar-refractivity contribution in [2.75, 3.05) is 0 Å². The Bertz CT molecular complexity index is 340. The number of aryl methyl sites for hydroxylation is 2. The van der Waals surface area contributed by atoms with Crippen molar-refractivity contribution in [1.82, 2.24) is 0 Å². The van der Waals surface area contributed by atoms with Gasteiger partial charge < -0.3 is 4.79 Å². The van der Waals surface area contributed by atoms with Crippen molar-refractivity contribution in [1.29, 1.82) is 0 Å². The molecule has 1 aromatic rings. The van der Waals surface area contributed by atoms with Gasteiger partial charge in [0.1, 0.15) is 6.29 Å². The van der Waals surface area contributed by atoms with Gasteiger partial charge in [0.25, 0.3) is 0 Å². The molecule has 68 valence electrons. The van der Waals surface area contributed by atoms with Gasteiger partial charge in [-0.1, -0.05) is 23.8 Å². The quantitative estimate of drug-likeness (QED) is 0.401. The van der Waals surface area contributed by atoms with Crippen LogP contribution in [-0.4, -0.2) is 12.1 Å². The Kier molecular flexibility index (Phi) is 2.96. The normalized spacial score (nSPS) is 9.69. The minimum atomic E-state index is -0.104. The van der Waals surface area contributed by atoms with Crippen molar-refractivity contribution in [3.05, 3.63) is 34.9 Å². The predicted molar refractivity (Wildman–Crippen MR) is 50.9 cm³/mol. The Hall–Kier alpha value is -1.44. The summed E-state index contributed by atoms with van der Waals surface area (Å²) in [6.45, 7) is 3.85. The van der Waals surface area contributed by atoms with Gasteiger partial charge in [0, 0.05) is 5.56 Å². The zero-order chi connectivity index (χ0) is 9.84. The third kappa shape index (κ3) is 2.25. The fourth-order valence-electron chi connectivity index (χ4n) is 1.31. The molecule has 0 aliphatic carbocycles. The molecular formula is C11H12O2. The standard InChI is InChI=1S/C11H12O2/c1-8-3-4-10(9(2)7-8)11(13)5-6-12/h3-4,6-7H,5H2,1-2H3. The molecule has 0 saturated carbocycles. The minimum absolute atomic E-state index is 0.0239. The summed E-state index contributed by atoms with van der Waals surface area (Å²) in [6.07, 6.45) is 0.617. The molecule has 0 spiro atoms. The average Bonchev–Trinajstić information content (AvgIpc) is 2.04. The molecule has 0 unspecified atom stereocenters. The summed E-state index contributed by atoms with van der Waals surface area (Å²) >= 11 is 0. The van der Waals surface area contributed by atoms with Gasteiger partial charge in [-0.05, 0) is 19.4 Å². The van der Waals surface area contributed by atoms with Gasteiger partial charge in [-0.2, -0.15) is 0 Å². The Labute approximate surface area is 77.6 Å². The smallest absolute Gasteiger partial charge is 0.170 e. The first-order valence-electron chi connectivity index (χ1n) is 4.19. The van der Waals surface area contributed by atoms with E-state index in [0.717, 1.165) is 11.1 Å². The molecule has 0 heterocycles. The number of Topliss-reactive ketones (excluding diaryl/α,β-unsaturated/α-hetero) is 1. The monoisotopic (exact) mass is 176 g/mol. The molecule has 0 aliphatic rings. The number of hydrogen-bond acceptors (Lipinski definition) is 2. The second-order valence-electron chi connectivity index (χ2n) is 3.11. The molecule has 0 amide bonds. The number of benzene rings is 1. The van der Waals surface area contributed by atoms with E-state index in [4.69, 9.17) is 0 Å². The lowest BCUT2D eigenvalue weighted by Gasteiger charge is -2.03. The van der Waals surface area contributed by atoms with E-state index < -0.39 is 0 Å². The Morgan fingerprint density at radius 2 is 2.08 bits per heavy atom. The maximum atomic E-state index is 11.3.